The van der Waals surface area contributed by atoms with Crippen molar-refractivity contribution in [2.75, 3.05) is 0 Å². The molecule has 0 unspecified atom stereocenters. The summed E-state index contributed by atoms with van der Waals surface area (Å²) < 4.78 is 0. The average Bonchev–Trinajstić information content (AvgIpc) is 3.00. The molecular weight excluding hydrogens is 356 g/mol. The van der Waals surface area contributed by atoms with E-state index in [2.05, 4.69) is 24.9 Å². The Morgan fingerprint density at radius 2 is 1.78 bits per heavy atom. The van der Waals surface area contributed by atoms with Crippen LogP contribution in [0, 0.1) is 5.41 Å². The first-order chi connectivity index (χ1) is 12.9. The van der Waals surface area contributed by atoms with Gasteiger partial charge in [-0.3, -0.25) is 4.79 Å². The maximum atomic E-state index is 13.1. The van der Waals surface area contributed by atoms with E-state index in [0.29, 0.717) is 11.4 Å². The summed E-state index contributed by atoms with van der Waals surface area (Å²) in [5.74, 6) is 0.186. The third-order valence-corrected chi connectivity index (χ3v) is 5.66. The van der Waals surface area contributed by atoms with Gasteiger partial charge in [0.25, 0.3) is 0 Å². The molecule has 2 heterocycles. The maximum absolute atomic E-state index is 13.1. The smallest absolute Gasteiger partial charge is 0.165 e. The van der Waals surface area contributed by atoms with E-state index < -0.39 is 0 Å². The minimum absolute atomic E-state index is 0.0753. The Morgan fingerprint density at radius 1 is 1.04 bits per heavy atom. The van der Waals surface area contributed by atoms with Gasteiger partial charge in [0.2, 0.25) is 0 Å². The van der Waals surface area contributed by atoms with Crippen LogP contribution in [0.3, 0.4) is 0 Å². The standard InChI is InChI=1S/C23H19ClN2O/c1-23(2)11-17-20(18(27)12-23)19-15-5-3-4-6-16(15)25-22(19)21(26-17)13-7-9-14(24)10-8-13/h3-10,25H,11-12H2,1-2H3. The Bertz CT molecular complexity index is 1220. The molecule has 1 aliphatic rings. The van der Waals surface area contributed by atoms with Crippen molar-refractivity contribution in [2.24, 2.45) is 5.41 Å². The highest BCUT2D eigenvalue weighted by Gasteiger charge is 2.35. The fraction of sp³-hybridized carbons (Fsp3) is 0.217. The summed E-state index contributed by atoms with van der Waals surface area (Å²) in [4.78, 5) is 21.6. The number of benzene rings is 2. The van der Waals surface area contributed by atoms with Crippen LogP contribution in [0.15, 0.2) is 48.5 Å². The fourth-order valence-corrected chi connectivity index (χ4v) is 4.38. The third kappa shape index (κ3) is 2.57. The summed E-state index contributed by atoms with van der Waals surface area (Å²) in [7, 11) is 0. The zero-order chi connectivity index (χ0) is 18.8. The lowest BCUT2D eigenvalue weighted by Gasteiger charge is -2.30. The summed E-state index contributed by atoms with van der Waals surface area (Å²) in [6, 6.07) is 15.9. The molecule has 3 nitrogen and oxygen atoms in total. The number of Topliss-reactive ketones (excluding diaryl/α,β-unsaturated/α-hetero) is 1. The van der Waals surface area contributed by atoms with Crippen LogP contribution in [0.2, 0.25) is 5.02 Å². The topological polar surface area (TPSA) is 45.8 Å². The number of ketones is 1. The van der Waals surface area contributed by atoms with Crippen molar-refractivity contribution in [3.63, 3.8) is 0 Å². The van der Waals surface area contributed by atoms with Gasteiger partial charge < -0.3 is 4.98 Å². The lowest BCUT2D eigenvalue weighted by molar-refractivity contribution is 0.0912. The Hall–Kier alpha value is -2.65. The van der Waals surface area contributed by atoms with Crippen LogP contribution in [0.25, 0.3) is 33.1 Å². The van der Waals surface area contributed by atoms with Crippen LogP contribution in [0.5, 0.6) is 0 Å². The number of nitrogens with zero attached hydrogens (tertiary/aromatic N) is 1. The molecule has 0 atom stereocenters. The lowest BCUT2D eigenvalue weighted by atomic mass is 9.74. The molecule has 1 N–H and O–H groups in total. The number of pyridine rings is 1. The first-order valence-corrected chi connectivity index (χ1v) is 9.53. The molecule has 0 saturated carbocycles. The second-order valence-corrected chi connectivity index (χ2v) is 8.59. The van der Waals surface area contributed by atoms with E-state index in [4.69, 9.17) is 16.6 Å². The van der Waals surface area contributed by atoms with Crippen molar-refractivity contribution in [3.05, 3.63) is 64.8 Å². The molecule has 134 valence electrons. The predicted molar refractivity (Wildman–Crippen MR) is 110 cm³/mol. The number of nitrogens with one attached hydrogen (secondary N) is 1. The highest BCUT2D eigenvalue weighted by molar-refractivity contribution is 6.30. The van der Waals surface area contributed by atoms with Gasteiger partial charge >= 0.3 is 0 Å². The zero-order valence-electron chi connectivity index (χ0n) is 15.3. The molecule has 0 saturated heterocycles. The average molecular weight is 375 g/mol. The number of aromatic amines is 1. The molecule has 5 rings (SSSR count). The monoisotopic (exact) mass is 374 g/mol. The molecule has 1 aliphatic carbocycles. The Balaban J connectivity index is 1.93. The lowest BCUT2D eigenvalue weighted by Crippen LogP contribution is -2.28. The van der Waals surface area contributed by atoms with Gasteiger partial charge in [-0.25, -0.2) is 4.98 Å². The number of carbonyl (C=O) groups excluding carboxylic acids is 1. The Labute approximate surface area is 162 Å². The van der Waals surface area contributed by atoms with Crippen molar-refractivity contribution in [3.8, 4) is 11.3 Å². The second-order valence-electron chi connectivity index (χ2n) is 8.15. The molecule has 4 aromatic rings. The summed E-state index contributed by atoms with van der Waals surface area (Å²) in [5.41, 5.74) is 5.43. The van der Waals surface area contributed by atoms with Crippen molar-refractivity contribution in [1.82, 2.24) is 9.97 Å². The molecule has 2 aromatic heterocycles. The highest BCUT2D eigenvalue weighted by atomic mass is 35.5. The number of para-hydroxylation sites is 1. The van der Waals surface area contributed by atoms with Crippen LogP contribution in [-0.4, -0.2) is 15.8 Å². The number of aromatic nitrogens is 2. The Kier molecular flexibility index (Phi) is 3.47. The molecule has 4 heteroatoms. The molecule has 0 radical (unpaired) electrons. The number of halogens is 1. The molecule has 0 spiro atoms. The Morgan fingerprint density at radius 3 is 2.56 bits per heavy atom. The van der Waals surface area contributed by atoms with Crippen LogP contribution < -0.4 is 0 Å². The van der Waals surface area contributed by atoms with E-state index in [1.165, 1.54) is 0 Å². The van der Waals surface area contributed by atoms with Crippen molar-refractivity contribution < 1.29 is 4.79 Å². The van der Waals surface area contributed by atoms with Crippen molar-refractivity contribution >= 4 is 39.2 Å². The van der Waals surface area contributed by atoms with E-state index in [1.54, 1.807) is 0 Å². The van der Waals surface area contributed by atoms with Crippen LogP contribution in [-0.2, 0) is 6.42 Å². The molecule has 2 aromatic carbocycles. The number of fused-ring (bicyclic) bond motifs is 5. The summed E-state index contributed by atoms with van der Waals surface area (Å²) in [6.45, 7) is 4.27. The summed E-state index contributed by atoms with van der Waals surface area (Å²) in [6.07, 6.45) is 1.35. The van der Waals surface area contributed by atoms with E-state index in [9.17, 15) is 4.79 Å². The van der Waals surface area contributed by atoms with Crippen molar-refractivity contribution in [1.29, 1.82) is 0 Å². The van der Waals surface area contributed by atoms with Gasteiger partial charge in [-0.1, -0.05) is 55.8 Å². The molecule has 0 aliphatic heterocycles. The molecule has 0 bridgehead atoms. The molecule has 0 amide bonds. The van der Waals surface area contributed by atoms with E-state index in [0.717, 1.165) is 50.7 Å². The summed E-state index contributed by atoms with van der Waals surface area (Å²) in [5, 5.41) is 2.77. The minimum atomic E-state index is -0.0753. The van der Waals surface area contributed by atoms with Gasteiger partial charge in [0.05, 0.1) is 16.9 Å². The van der Waals surface area contributed by atoms with Crippen LogP contribution >= 0.6 is 11.6 Å². The van der Waals surface area contributed by atoms with E-state index in [1.807, 2.05) is 42.5 Å². The van der Waals surface area contributed by atoms with Crippen molar-refractivity contribution in [2.45, 2.75) is 26.7 Å². The van der Waals surface area contributed by atoms with Gasteiger partial charge in [0.1, 0.15) is 0 Å². The zero-order valence-corrected chi connectivity index (χ0v) is 16.0. The van der Waals surface area contributed by atoms with Crippen LogP contribution in [0.1, 0.15) is 36.3 Å². The largest absolute Gasteiger partial charge is 0.353 e. The quantitative estimate of drug-likeness (QED) is 0.431. The maximum Gasteiger partial charge on any atom is 0.165 e. The molecule has 0 fully saturated rings. The predicted octanol–water partition coefficient (Wildman–Crippen LogP) is 6.19. The third-order valence-electron chi connectivity index (χ3n) is 5.41. The summed E-state index contributed by atoms with van der Waals surface area (Å²) >= 11 is 6.08. The van der Waals surface area contributed by atoms with Gasteiger partial charge in [-0.05, 0) is 30.0 Å². The number of rotatable bonds is 1. The molecule has 27 heavy (non-hydrogen) atoms. The van der Waals surface area contributed by atoms with Gasteiger partial charge in [0, 0.05) is 38.9 Å². The SMILES string of the molecule is CC1(C)CC(=O)c2c(nc(-c3ccc(Cl)cc3)c3[nH]c4ccccc4c23)C1. The number of H-pyrrole nitrogens is 1. The second kappa shape index (κ2) is 5.67. The highest BCUT2D eigenvalue weighted by Crippen LogP contribution is 2.42. The van der Waals surface area contributed by atoms with E-state index in [-0.39, 0.29) is 11.2 Å². The number of carbonyl (C=O) groups is 1. The molecular formula is C23H19ClN2O. The fourth-order valence-electron chi connectivity index (χ4n) is 4.25. The first kappa shape index (κ1) is 16.5. The van der Waals surface area contributed by atoms with Gasteiger partial charge in [-0.15, -0.1) is 0 Å². The number of hydrogen-bond donors (Lipinski definition) is 1. The van der Waals surface area contributed by atoms with E-state index >= 15 is 0 Å². The van der Waals surface area contributed by atoms with Gasteiger partial charge in [-0.2, -0.15) is 0 Å². The normalized spacial score (nSPS) is 16.0. The first-order valence-electron chi connectivity index (χ1n) is 9.15. The van der Waals surface area contributed by atoms with Crippen LogP contribution in [0.4, 0.5) is 0 Å². The minimum Gasteiger partial charge on any atom is -0.353 e. The number of hydrogen-bond acceptors (Lipinski definition) is 2. The van der Waals surface area contributed by atoms with Gasteiger partial charge in [0.15, 0.2) is 5.78 Å².